The predicted molar refractivity (Wildman–Crippen MR) is 109 cm³/mol. The number of nitrogens with one attached hydrogen (secondary N) is 2. The van der Waals surface area contributed by atoms with Crippen LogP contribution in [-0.2, 0) is 4.79 Å². The molecule has 0 spiro atoms. The summed E-state index contributed by atoms with van der Waals surface area (Å²) in [6, 6.07) is 21.6. The Kier molecular flexibility index (Phi) is 5.87. The van der Waals surface area contributed by atoms with Crippen LogP contribution in [0.4, 0.5) is 0 Å². The molecule has 2 amide bonds. The van der Waals surface area contributed by atoms with E-state index in [4.69, 9.17) is 0 Å². The summed E-state index contributed by atoms with van der Waals surface area (Å²) in [5.74, 6) is -0.241. The van der Waals surface area contributed by atoms with Crippen LogP contribution in [-0.4, -0.2) is 18.4 Å². The number of benzene rings is 3. The predicted octanol–water partition coefficient (Wildman–Crippen LogP) is 4.15. The van der Waals surface area contributed by atoms with Gasteiger partial charge in [-0.1, -0.05) is 54.1 Å². The van der Waals surface area contributed by atoms with Crippen LogP contribution >= 0.6 is 0 Å². The third-order valence-corrected chi connectivity index (χ3v) is 4.57. The maximum absolute atomic E-state index is 12.2. The Morgan fingerprint density at radius 1 is 0.926 bits per heavy atom. The van der Waals surface area contributed by atoms with Gasteiger partial charge in [0.25, 0.3) is 5.91 Å². The third kappa shape index (κ3) is 4.94. The Hall–Kier alpha value is -3.14. The quantitative estimate of drug-likeness (QED) is 0.694. The summed E-state index contributed by atoms with van der Waals surface area (Å²) >= 11 is 0. The van der Waals surface area contributed by atoms with Crippen molar-refractivity contribution in [2.24, 2.45) is 0 Å². The summed E-state index contributed by atoms with van der Waals surface area (Å²) in [5.41, 5.74) is 2.70. The van der Waals surface area contributed by atoms with E-state index in [1.54, 1.807) is 6.07 Å². The van der Waals surface area contributed by atoms with Crippen LogP contribution < -0.4 is 10.6 Å². The topological polar surface area (TPSA) is 58.2 Å². The van der Waals surface area contributed by atoms with Crippen molar-refractivity contribution in [3.05, 3.63) is 83.4 Å². The first-order valence-corrected chi connectivity index (χ1v) is 9.16. The third-order valence-electron chi connectivity index (χ3n) is 4.57. The normalized spacial score (nSPS) is 11.8. The average molecular weight is 360 g/mol. The average Bonchev–Trinajstić information content (AvgIpc) is 2.67. The fourth-order valence-corrected chi connectivity index (χ4v) is 3.05. The molecule has 0 aliphatic rings. The van der Waals surface area contributed by atoms with Crippen LogP contribution in [0.25, 0.3) is 10.8 Å². The van der Waals surface area contributed by atoms with Gasteiger partial charge in [0.1, 0.15) is 0 Å². The smallest absolute Gasteiger partial charge is 0.251 e. The van der Waals surface area contributed by atoms with Crippen molar-refractivity contribution in [3.8, 4) is 0 Å². The first-order valence-electron chi connectivity index (χ1n) is 9.16. The number of carbonyl (C=O) groups is 2. The Labute approximate surface area is 159 Å². The first kappa shape index (κ1) is 18.6. The lowest BCUT2D eigenvalue weighted by Crippen LogP contribution is -2.32. The SMILES string of the molecule is Cc1cccc(C(=O)NCCC(=O)NC(C)c2ccc3ccccc3c2)c1. The molecule has 0 saturated carbocycles. The van der Waals surface area contributed by atoms with Crippen molar-refractivity contribution in [2.75, 3.05) is 6.54 Å². The van der Waals surface area contributed by atoms with Crippen LogP contribution in [0.1, 0.15) is 40.9 Å². The van der Waals surface area contributed by atoms with Gasteiger partial charge in [-0.05, 0) is 48.4 Å². The minimum absolute atomic E-state index is 0.0831. The maximum Gasteiger partial charge on any atom is 0.251 e. The van der Waals surface area contributed by atoms with Crippen LogP contribution in [0.5, 0.6) is 0 Å². The van der Waals surface area contributed by atoms with Crippen LogP contribution in [0, 0.1) is 6.92 Å². The molecular weight excluding hydrogens is 336 g/mol. The van der Waals surface area contributed by atoms with E-state index < -0.39 is 0 Å². The standard InChI is InChI=1S/C23H24N2O2/c1-16-6-5-9-21(14-16)23(27)24-13-12-22(26)25-17(2)19-11-10-18-7-3-4-8-20(18)15-19/h3-11,14-15,17H,12-13H2,1-2H3,(H,24,27)(H,25,26). The van der Waals surface area contributed by atoms with E-state index in [2.05, 4.69) is 34.9 Å². The number of rotatable bonds is 6. The molecule has 0 aliphatic heterocycles. The lowest BCUT2D eigenvalue weighted by atomic mass is 10.0. The van der Waals surface area contributed by atoms with E-state index in [-0.39, 0.29) is 24.3 Å². The monoisotopic (exact) mass is 360 g/mol. The molecule has 27 heavy (non-hydrogen) atoms. The summed E-state index contributed by atoms with van der Waals surface area (Å²) in [5, 5.41) is 8.12. The summed E-state index contributed by atoms with van der Waals surface area (Å²) in [6.07, 6.45) is 0.246. The van der Waals surface area contributed by atoms with Gasteiger partial charge in [0.15, 0.2) is 0 Å². The molecule has 0 radical (unpaired) electrons. The van der Waals surface area contributed by atoms with Crippen molar-refractivity contribution >= 4 is 22.6 Å². The highest BCUT2D eigenvalue weighted by Crippen LogP contribution is 2.20. The van der Waals surface area contributed by atoms with E-state index >= 15 is 0 Å². The van der Waals surface area contributed by atoms with E-state index in [1.807, 2.05) is 50.2 Å². The van der Waals surface area contributed by atoms with Gasteiger partial charge in [-0.15, -0.1) is 0 Å². The Bertz CT molecular complexity index is 965. The highest BCUT2D eigenvalue weighted by Gasteiger charge is 2.11. The number of amides is 2. The zero-order valence-electron chi connectivity index (χ0n) is 15.7. The highest BCUT2D eigenvalue weighted by atomic mass is 16.2. The minimum atomic E-state index is -0.158. The van der Waals surface area contributed by atoms with Gasteiger partial charge in [-0.2, -0.15) is 0 Å². The fraction of sp³-hybridized carbons (Fsp3) is 0.217. The lowest BCUT2D eigenvalue weighted by molar-refractivity contribution is -0.121. The molecule has 4 heteroatoms. The number of hydrogen-bond donors (Lipinski definition) is 2. The largest absolute Gasteiger partial charge is 0.352 e. The fourth-order valence-electron chi connectivity index (χ4n) is 3.05. The molecule has 0 aromatic heterocycles. The second kappa shape index (κ2) is 8.49. The maximum atomic E-state index is 12.2. The van der Waals surface area contributed by atoms with Crippen molar-refractivity contribution in [1.82, 2.24) is 10.6 Å². The second-order valence-corrected chi connectivity index (χ2v) is 6.77. The minimum Gasteiger partial charge on any atom is -0.352 e. The van der Waals surface area contributed by atoms with E-state index in [9.17, 15) is 9.59 Å². The van der Waals surface area contributed by atoms with Gasteiger partial charge >= 0.3 is 0 Å². The van der Waals surface area contributed by atoms with Crippen LogP contribution in [0.15, 0.2) is 66.7 Å². The van der Waals surface area contributed by atoms with E-state index in [0.717, 1.165) is 16.5 Å². The Morgan fingerprint density at radius 3 is 2.48 bits per heavy atom. The molecule has 0 heterocycles. The van der Waals surface area contributed by atoms with E-state index in [0.29, 0.717) is 12.1 Å². The molecule has 3 aromatic rings. The summed E-state index contributed by atoms with van der Waals surface area (Å²) in [4.78, 5) is 24.3. The zero-order valence-corrected chi connectivity index (χ0v) is 15.7. The van der Waals surface area contributed by atoms with Crippen molar-refractivity contribution in [2.45, 2.75) is 26.3 Å². The number of fused-ring (bicyclic) bond motifs is 1. The summed E-state index contributed by atoms with van der Waals surface area (Å²) in [7, 11) is 0. The summed E-state index contributed by atoms with van der Waals surface area (Å²) < 4.78 is 0. The van der Waals surface area contributed by atoms with Crippen molar-refractivity contribution in [3.63, 3.8) is 0 Å². The summed E-state index contributed by atoms with van der Waals surface area (Å²) in [6.45, 7) is 4.22. The first-order chi connectivity index (χ1) is 13.0. The number of carbonyl (C=O) groups excluding carboxylic acids is 2. The van der Waals surface area contributed by atoms with Gasteiger partial charge in [0, 0.05) is 18.5 Å². The molecule has 0 fully saturated rings. The molecular formula is C23H24N2O2. The molecule has 0 saturated heterocycles. The molecule has 4 nitrogen and oxygen atoms in total. The molecule has 2 N–H and O–H groups in total. The second-order valence-electron chi connectivity index (χ2n) is 6.77. The van der Waals surface area contributed by atoms with E-state index in [1.165, 1.54) is 5.39 Å². The lowest BCUT2D eigenvalue weighted by Gasteiger charge is -2.15. The van der Waals surface area contributed by atoms with Crippen LogP contribution in [0.3, 0.4) is 0 Å². The Balaban J connectivity index is 1.50. The molecule has 0 aliphatic carbocycles. The van der Waals surface area contributed by atoms with Gasteiger partial charge < -0.3 is 10.6 Å². The van der Waals surface area contributed by atoms with Gasteiger partial charge in [-0.25, -0.2) is 0 Å². The Morgan fingerprint density at radius 2 is 1.70 bits per heavy atom. The number of hydrogen-bond acceptors (Lipinski definition) is 2. The molecule has 1 atom stereocenters. The number of aryl methyl sites for hydroxylation is 1. The van der Waals surface area contributed by atoms with Crippen molar-refractivity contribution < 1.29 is 9.59 Å². The van der Waals surface area contributed by atoms with Gasteiger partial charge in [0.05, 0.1) is 6.04 Å². The highest BCUT2D eigenvalue weighted by molar-refractivity contribution is 5.94. The van der Waals surface area contributed by atoms with Gasteiger partial charge in [-0.3, -0.25) is 9.59 Å². The molecule has 138 valence electrons. The molecule has 3 rings (SSSR count). The molecule has 1 unspecified atom stereocenters. The van der Waals surface area contributed by atoms with Crippen LogP contribution in [0.2, 0.25) is 0 Å². The zero-order chi connectivity index (χ0) is 19.2. The van der Waals surface area contributed by atoms with Crippen molar-refractivity contribution in [1.29, 1.82) is 0 Å². The molecule has 0 bridgehead atoms. The molecule has 3 aromatic carbocycles. The van der Waals surface area contributed by atoms with Gasteiger partial charge in [0.2, 0.25) is 5.91 Å².